The molecule has 1 aromatic rings. The van der Waals surface area contributed by atoms with Crippen LogP contribution in [0.15, 0.2) is 18.2 Å². The summed E-state index contributed by atoms with van der Waals surface area (Å²) in [6.07, 6.45) is 2.63. The van der Waals surface area contributed by atoms with Crippen LogP contribution in [0.5, 0.6) is 0 Å². The Morgan fingerprint density at radius 2 is 2.00 bits per heavy atom. The Hall–Kier alpha value is -0.820. The largest absolute Gasteiger partial charge is 0.314 e. The van der Waals surface area contributed by atoms with E-state index in [0.29, 0.717) is 0 Å². The molecule has 0 bridgehead atoms. The number of hydrogen-bond acceptors (Lipinski definition) is 1. The fourth-order valence-corrected chi connectivity index (χ4v) is 2.61. The lowest BCUT2D eigenvalue weighted by Gasteiger charge is -2.37. The van der Waals surface area contributed by atoms with Crippen molar-refractivity contribution < 1.29 is 0 Å². The molecule has 0 saturated heterocycles. The van der Waals surface area contributed by atoms with Gasteiger partial charge in [0.2, 0.25) is 0 Å². The molecule has 0 heterocycles. The van der Waals surface area contributed by atoms with E-state index in [4.69, 9.17) is 0 Å². The summed E-state index contributed by atoms with van der Waals surface area (Å²) in [6, 6.07) is 7.62. The highest BCUT2D eigenvalue weighted by Crippen LogP contribution is 2.38. The molecule has 0 spiro atoms. The van der Waals surface area contributed by atoms with Gasteiger partial charge in [0.05, 0.1) is 0 Å². The van der Waals surface area contributed by atoms with Gasteiger partial charge >= 0.3 is 0 Å². The Balaban J connectivity index is 2.01. The predicted octanol–water partition coefficient (Wildman–Crippen LogP) is 3.16. The second-order valence-electron chi connectivity index (χ2n) is 4.78. The van der Waals surface area contributed by atoms with Crippen LogP contribution in [0.4, 0.5) is 0 Å². The lowest BCUT2D eigenvalue weighted by molar-refractivity contribution is 0.295. The van der Waals surface area contributed by atoms with Crippen molar-refractivity contribution in [1.82, 2.24) is 5.32 Å². The van der Waals surface area contributed by atoms with Gasteiger partial charge in [-0.25, -0.2) is 0 Å². The second kappa shape index (κ2) is 4.36. The van der Waals surface area contributed by atoms with Crippen LogP contribution in [0.1, 0.15) is 42.4 Å². The lowest BCUT2D eigenvalue weighted by atomic mass is 9.74. The molecule has 1 N–H and O–H groups in total. The highest BCUT2D eigenvalue weighted by molar-refractivity contribution is 5.34. The number of hydrogen-bond donors (Lipinski definition) is 1. The van der Waals surface area contributed by atoms with Crippen LogP contribution in [0.2, 0.25) is 0 Å². The van der Waals surface area contributed by atoms with E-state index < -0.39 is 0 Å². The van der Waals surface area contributed by atoms with E-state index in [2.05, 4.69) is 44.3 Å². The molecule has 1 aliphatic rings. The van der Waals surface area contributed by atoms with E-state index >= 15 is 0 Å². The van der Waals surface area contributed by atoms with Crippen molar-refractivity contribution in [2.24, 2.45) is 0 Å². The predicted molar refractivity (Wildman–Crippen MR) is 65.4 cm³/mol. The molecule has 1 aromatic carbocycles. The van der Waals surface area contributed by atoms with Gasteiger partial charge in [-0.15, -0.1) is 0 Å². The first kappa shape index (κ1) is 10.7. The molecule has 1 nitrogen and oxygen atoms in total. The summed E-state index contributed by atoms with van der Waals surface area (Å²) in [4.78, 5) is 0. The topological polar surface area (TPSA) is 12.0 Å². The van der Waals surface area contributed by atoms with Crippen molar-refractivity contribution >= 4 is 0 Å². The maximum absolute atomic E-state index is 3.51. The average molecular weight is 203 g/mol. The summed E-state index contributed by atoms with van der Waals surface area (Å²) < 4.78 is 0. The molecule has 1 heteroatoms. The van der Waals surface area contributed by atoms with E-state index in [1.165, 1.54) is 24.0 Å². The van der Waals surface area contributed by atoms with Crippen molar-refractivity contribution in [3.63, 3.8) is 0 Å². The minimum atomic E-state index is 0.765. The molecule has 0 amide bonds. The van der Waals surface area contributed by atoms with Gasteiger partial charge in [0.1, 0.15) is 0 Å². The molecular formula is C14H21N. The quantitative estimate of drug-likeness (QED) is 0.795. The number of rotatable bonds is 3. The van der Waals surface area contributed by atoms with Gasteiger partial charge in [-0.1, -0.05) is 30.7 Å². The molecule has 2 rings (SSSR count). The third-order valence-electron chi connectivity index (χ3n) is 3.50. The van der Waals surface area contributed by atoms with E-state index in [9.17, 15) is 0 Å². The third kappa shape index (κ3) is 2.23. The normalized spacial score (nSPS) is 25.0. The van der Waals surface area contributed by atoms with Crippen LogP contribution in [-0.2, 0) is 0 Å². The number of aryl methyl sites for hydroxylation is 2. The van der Waals surface area contributed by atoms with Gasteiger partial charge in [-0.05, 0) is 50.3 Å². The van der Waals surface area contributed by atoms with E-state index in [1.807, 2.05) is 0 Å². The molecule has 0 atom stereocenters. The smallest absolute Gasteiger partial charge is 0.00786 e. The first-order chi connectivity index (χ1) is 7.20. The molecule has 1 fully saturated rings. The molecule has 15 heavy (non-hydrogen) atoms. The molecule has 1 aliphatic carbocycles. The van der Waals surface area contributed by atoms with Crippen LogP contribution >= 0.6 is 0 Å². The Morgan fingerprint density at radius 3 is 2.60 bits per heavy atom. The zero-order chi connectivity index (χ0) is 10.8. The van der Waals surface area contributed by atoms with Crippen molar-refractivity contribution in [3.8, 4) is 0 Å². The Bertz CT molecular complexity index is 337. The van der Waals surface area contributed by atoms with Crippen LogP contribution in [-0.4, -0.2) is 12.6 Å². The summed E-state index contributed by atoms with van der Waals surface area (Å²) in [5.74, 6) is 0.801. The highest BCUT2D eigenvalue weighted by Gasteiger charge is 2.30. The van der Waals surface area contributed by atoms with Crippen molar-refractivity contribution in [2.45, 2.75) is 45.6 Å². The molecule has 0 aliphatic heterocycles. The fourth-order valence-electron chi connectivity index (χ4n) is 2.61. The molecule has 82 valence electrons. The standard InChI is InChI=1S/C14H21N/c1-4-15-13-8-12(9-13)14-6-5-10(2)7-11(14)3/h5-7,12-13,15H,4,8-9H2,1-3H3. The average Bonchev–Trinajstić information content (AvgIpc) is 2.12. The summed E-state index contributed by atoms with van der Waals surface area (Å²) in [7, 11) is 0. The molecule has 0 aromatic heterocycles. The second-order valence-corrected chi connectivity index (χ2v) is 4.78. The maximum atomic E-state index is 3.51. The SMILES string of the molecule is CCNC1CC(c2ccc(C)cc2C)C1. The minimum Gasteiger partial charge on any atom is -0.314 e. The Kier molecular flexibility index (Phi) is 3.11. The zero-order valence-corrected chi connectivity index (χ0v) is 10.0. The summed E-state index contributed by atoms with van der Waals surface area (Å²) in [5, 5.41) is 3.51. The molecule has 1 saturated carbocycles. The van der Waals surface area contributed by atoms with Gasteiger partial charge in [0.15, 0.2) is 0 Å². The van der Waals surface area contributed by atoms with Crippen molar-refractivity contribution in [1.29, 1.82) is 0 Å². The summed E-state index contributed by atoms with van der Waals surface area (Å²) >= 11 is 0. The van der Waals surface area contributed by atoms with Gasteiger partial charge in [-0.3, -0.25) is 0 Å². The van der Waals surface area contributed by atoms with Gasteiger partial charge < -0.3 is 5.32 Å². The fraction of sp³-hybridized carbons (Fsp3) is 0.571. The molecule has 0 unspecified atom stereocenters. The summed E-state index contributed by atoms with van der Waals surface area (Å²) in [5.41, 5.74) is 4.41. The van der Waals surface area contributed by atoms with Crippen LogP contribution in [0.3, 0.4) is 0 Å². The monoisotopic (exact) mass is 203 g/mol. The van der Waals surface area contributed by atoms with Crippen molar-refractivity contribution in [3.05, 3.63) is 34.9 Å². The Morgan fingerprint density at radius 1 is 1.27 bits per heavy atom. The third-order valence-corrected chi connectivity index (χ3v) is 3.50. The first-order valence-electron chi connectivity index (χ1n) is 6.01. The first-order valence-corrected chi connectivity index (χ1v) is 6.01. The molecular weight excluding hydrogens is 182 g/mol. The van der Waals surface area contributed by atoms with E-state index in [1.54, 1.807) is 5.56 Å². The minimum absolute atomic E-state index is 0.765. The van der Waals surface area contributed by atoms with Crippen molar-refractivity contribution in [2.75, 3.05) is 6.54 Å². The lowest BCUT2D eigenvalue weighted by Crippen LogP contribution is -2.40. The van der Waals surface area contributed by atoms with Crippen LogP contribution in [0.25, 0.3) is 0 Å². The molecule has 0 radical (unpaired) electrons. The highest BCUT2D eigenvalue weighted by atomic mass is 14.9. The van der Waals surface area contributed by atoms with Gasteiger partial charge in [0, 0.05) is 6.04 Å². The van der Waals surface area contributed by atoms with Crippen LogP contribution in [0, 0.1) is 13.8 Å². The van der Waals surface area contributed by atoms with E-state index in [-0.39, 0.29) is 0 Å². The van der Waals surface area contributed by atoms with Crippen LogP contribution < -0.4 is 5.32 Å². The van der Waals surface area contributed by atoms with Gasteiger partial charge in [0.25, 0.3) is 0 Å². The maximum Gasteiger partial charge on any atom is 0.00786 e. The Labute approximate surface area is 92.9 Å². The number of benzene rings is 1. The number of nitrogens with one attached hydrogen (secondary N) is 1. The zero-order valence-electron chi connectivity index (χ0n) is 10.0. The van der Waals surface area contributed by atoms with E-state index in [0.717, 1.165) is 18.5 Å². The summed E-state index contributed by atoms with van der Waals surface area (Å²) in [6.45, 7) is 7.69. The van der Waals surface area contributed by atoms with Gasteiger partial charge in [-0.2, -0.15) is 0 Å².